The van der Waals surface area contributed by atoms with E-state index >= 15 is 0 Å². The van der Waals surface area contributed by atoms with Crippen LogP contribution in [-0.2, 0) is 16.6 Å². The van der Waals surface area contributed by atoms with Gasteiger partial charge in [-0.3, -0.25) is 4.79 Å². The fraction of sp³-hybridized carbons (Fsp3) is 0.250. The molecule has 0 fully saturated rings. The number of carbonyl (C=O) groups is 1. The molecular formula is C20H23N5O3S. The molecule has 8 nitrogen and oxygen atoms in total. The number of anilines is 1. The van der Waals surface area contributed by atoms with Gasteiger partial charge in [0.05, 0.1) is 4.90 Å². The number of aromatic nitrogens is 3. The van der Waals surface area contributed by atoms with Crippen LogP contribution in [0, 0.1) is 0 Å². The third-order valence-corrected chi connectivity index (χ3v) is 5.83. The van der Waals surface area contributed by atoms with Crippen LogP contribution in [-0.4, -0.2) is 35.1 Å². The zero-order valence-electron chi connectivity index (χ0n) is 16.5. The summed E-state index contributed by atoms with van der Waals surface area (Å²) in [6.07, 6.45) is 1.66. The molecule has 2 N–H and O–H groups in total. The molecule has 0 atom stereocenters. The van der Waals surface area contributed by atoms with Gasteiger partial charge >= 0.3 is 0 Å². The predicted molar refractivity (Wildman–Crippen MR) is 111 cm³/mol. The smallest absolute Gasteiger partial charge is 0.255 e. The first-order valence-electron chi connectivity index (χ1n) is 9.22. The van der Waals surface area contributed by atoms with Gasteiger partial charge in [0, 0.05) is 29.4 Å². The molecule has 152 valence electrons. The van der Waals surface area contributed by atoms with Crippen molar-refractivity contribution < 1.29 is 13.2 Å². The van der Waals surface area contributed by atoms with Crippen LogP contribution in [0.3, 0.4) is 0 Å². The predicted octanol–water partition coefficient (Wildman–Crippen LogP) is 2.90. The van der Waals surface area contributed by atoms with Crippen LogP contribution in [0.2, 0.25) is 0 Å². The number of nitrogens with zero attached hydrogens (tertiary/aromatic N) is 3. The number of benzene rings is 2. The number of hydrogen-bond donors (Lipinski definition) is 2. The van der Waals surface area contributed by atoms with Gasteiger partial charge in [-0.2, -0.15) is 0 Å². The van der Waals surface area contributed by atoms with Crippen LogP contribution in [0.15, 0.2) is 59.8 Å². The van der Waals surface area contributed by atoms with Crippen LogP contribution in [0.25, 0.3) is 11.4 Å². The minimum absolute atomic E-state index is 0.114. The molecule has 0 aliphatic carbocycles. The highest BCUT2D eigenvalue weighted by Gasteiger charge is 2.16. The van der Waals surface area contributed by atoms with Crippen LogP contribution in [0.1, 0.15) is 31.1 Å². The Morgan fingerprint density at radius 1 is 1.14 bits per heavy atom. The Morgan fingerprint density at radius 3 is 2.52 bits per heavy atom. The van der Waals surface area contributed by atoms with Gasteiger partial charge < -0.3 is 9.88 Å². The minimum atomic E-state index is -3.60. The SMILES string of the molecule is CCn1cnnc1-c1cccc(NC(=O)c2ccc(S(=O)(=O)NC(C)C)cc2)c1. The van der Waals surface area contributed by atoms with E-state index in [0.29, 0.717) is 11.3 Å². The minimum Gasteiger partial charge on any atom is -0.322 e. The van der Waals surface area contributed by atoms with Gasteiger partial charge in [-0.05, 0) is 57.2 Å². The standard InChI is InChI=1S/C20H23N5O3S/c1-4-25-13-21-23-19(25)16-6-5-7-17(12-16)22-20(26)15-8-10-18(11-9-15)29(27,28)24-14(2)3/h5-14,24H,4H2,1-3H3,(H,22,26). The van der Waals surface area contributed by atoms with Crippen LogP contribution >= 0.6 is 0 Å². The largest absolute Gasteiger partial charge is 0.322 e. The topological polar surface area (TPSA) is 106 Å². The number of nitrogens with one attached hydrogen (secondary N) is 2. The first-order chi connectivity index (χ1) is 13.8. The normalized spacial score (nSPS) is 11.6. The molecule has 0 radical (unpaired) electrons. The van der Waals surface area contributed by atoms with Crippen LogP contribution in [0.4, 0.5) is 5.69 Å². The summed E-state index contributed by atoms with van der Waals surface area (Å²) >= 11 is 0. The van der Waals surface area contributed by atoms with Crippen molar-refractivity contribution in [3.8, 4) is 11.4 Å². The lowest BCUT2D eigenvalue weighted by Gasteiger charge is -2.11. The van der Waals surface area contributed by atoms with E-state index in [1.165, 1.54) is 24.3 Å². The highest BCUT2D eigenvalue weighted by Crippen LogP contribution is 2.21. The maximum atomic E-state index is 12.6. The molecule has 0 bridgehead atoms. The van der Waals surface area contributed by atoms with E-state index in [1.807, 2.05) is 29.7 Å². The Kier molecular flexibility index (Phi) is 6.09. The summed E-state index contributed by atoms with van der Waals surface area (Å²) in [5.41, 5.74) is 1.80. The number of amides is 1. The van der Waals surface area contributed by atoms with Crippen molar-refractivity contribution in [3.05, 3.63) is 60.4 Å². The van der Waals surface area contributed by atoms with E-state index in [-0.39, 0.29) is 16.8 Å². The zero-order valence-corrected chi connectivity index (χ0v) is 17.3. The first-order valence-corrected chi connectivity index (χ1v) is 10.7. The molecule has 1 aromatic heterocycles. The second-order valence-corrected chi connectivity index (χ2v) is 8.49. The molecule has 0 spiro atoms. The lowest BCUT2D eigenvalue weighted by molar-refractivity contribution is 0.102. The Hall–Kier alpha value is -3.04. The summed E-state index contributed by atoms with van der Waals surface area (Å²) in [5, 5.41) is 10.9. The number of hydrogen-bond acceptors (Lipinski definition) is 5. The van der Waals surface area contributed by atoms with E-state index in [1.54, 1.807) is 26.2 Å². The summed E-state index contributed by atoms with van der Waals surface area (Å²) in [7, 11) is -3.60. The third kappa shape index (κ3) is 4.87. The second-order valence-electron chi connectivity index (χ2n) is 6.78. The average Bonchev–Trinajstić information content (AvgIpc) is 3.16. The van der Waals surface area contributed by atoms with Gasteiger partial charge in [0.15, 0.2) is 5.82 Å². The summed E-state index contributed by atoms with van der Waals surface area (Å²) < 4.78 is 28.8. The van der Waals surface area contributed by atoms with E-state index in [0.717, 1.165) is 17.9 Å². The van der Waals surface area contributed by atoms with Crippen molar-refractivity contribution in [1.82, 2.24) is 19.5 Å². The molecule has 0 aliphatic rings. The van der Waals surface area contributed by atoms with Crippen molar-refractivity contribution in [3.63, 3.8) is 0 Å². The van der Waals surface area contributed by atoms with Gasteiger partial charge in [0.25, 0.3) is 5.91 Å². The Labute approximate surface area is 170 Å². The molecule has 9 heteroatoms. The number of rotatable bonds is 7. The summed E-state index contributed by atoms with van der Waals surface area (Å²) in [6, 6.07) is 12.9. The Balaban J connectivity index is 1.76. The number of carbonyl (C=O) groups excluding carboxylic acids is 1. The van der Waals surface area contributed by atoms with Gasteiger partial charge in [-0.1, -0.05) is 12.1 Å². The Morgan fingerprint density at radius 2 is 1.86 bits per heavy atom. The van der Waals surface area contributed by atoms with Crippen LogP contribution < -0.4 is 10.0 Å². The van der Waals surface area contributed by atoms with Crippen molar-refractivity contribution in [1.29, 1.82) is 0 Å². The molecule has 0 saturated heterocycles. The van der Waals surface area contributed by atoms with Gasteiger partial charge in [0.2, 0.25) is 10.0 Å². The van der Waals surface area contributed by atoms with Crippen molar-refractivity contribution in [2.75, 3.05) is 5.32 Å². The quantitative estimate of drug-likeness (QED) is 0.619. The molecule has 1 amide bonds. The van der Waals surface area contributed by atoms with Crippen LogP contribution in [0.5, 0.6) is 0 Å². The molecule has 3 aromatic rings. The summed E-state index contributed by atoms with van der Waals surface area (Å²) in [4.78, 5) is 12.7. The lowest BCUT2D eigenvalue weighted by Crippen LogP contribution is -2.30. The third-order valence-electron chi connectivity index (χ3n) is 4.15. The molecule has 1 heterocycles. The first kappa shape index (κ1) is 20.7. The Bertz CT molecular complexity index is 1110. The van der Waals surface area contributed by atoms with E-state index in [2.05, 4.69) is 20.2 Å². The number of sulfonamides is 1. The lowest BCUT2D eigenvalue weighted by atomic mass is 10.1. The molecule has 0 saturated carbocycles. The fourth-order valence-corrected chi connectivity index (χ4v) is 4.06. The van der Waals surface area contributed by atoms with E-state index in [9.17, 15) is 13.2 Å². The van der Waals surface area contributed by atoms with Crippen molar-refractivity contribution in [2.45, 2.75) is 38.3 Å². The summed E-state index contributed by atoms with van der Waals surface area (Å²) in [5.74, 6) is 0.385. The maximum Gasteiger partial charge on any atom is 0.255 e. The second kappa shape index (κ2) is 8.54. The fourth-order valence-electron chi connectivity index (χ4n) is 2.81. The molecule has 0 aliphatic heterocycles. The maximum absolute atomic E-state index is 12.6. The highest BCUT2D eigenvalue weighted by atomic mass is 32.2. The van der Waals surface area contributed by atoms with Crippen molar-refractivity contribution >= 4 is 21.6 Å². The van der Waals surface area contributed by atoms with E-state index < -0.39 is 10.0 Å². The van der Waals surface area contributed by atoms with Gasteiger partial charge in [-0.25, -0.2) is 13.1 Å². The molecule has 3 rings (SSSR count). The van der Waals surface area contributed by atoms with E-state index in [4.69, 9.17) is 0 Å². The average molecular weight is 414 g/mol. The molecular weight excluding hydrogens is 390 g/mol. The molecule has 2 aromatic carbocycles. The monoisotopic (exact) mass is 413 g/mol. The van der Waals surface area contributed by atoms with Gasteiger partial charge in [-0.15, -0.1) is 10.2 Å². The number of aryl methyl sites for hydroxylation is 1. The highest BCUT2D eigenvalue weighted by molar-refractivity contribution is 7.89. The van der Waals surface area contributed by atoms with Gasteiger partial charge in [0.1, 0.15) is 6.33 Å². The van der Waals surface area contributed by atoms with Crippen molar-refractivity contribution in [2.24, 2.45) is 0 Å². The molecule has 29 heavy (non-hydrogen) atoms. The summed E-state index contributed by atoms with van der Waals surface area (Å²) in [6.45, 7) is 6.23. The zero-order chi connectivity index (χ0) is 21.0. The molecule has 0 unspecified atom stereocenters.